The van der Waals surface area contributed by atoms with Gasteiger partial charge in [0.2, 0.25) is 0 Å². The number of anilines is 2. The van der Waals surface area contributed by atoms with Crippen molar-refractivity contribution in [1.82, 2.24) is 10.1 Å². The lowest BCUT2D eigenvalue weighted by Gasteiger charge is -2.17. The molecule has 5 rings (SSSR count). The molecule has 2 aromatic heterocycles. The van der Waals surface area contributed by atoms with E-state index in [1.165, 1.54) is 12.1 Å². The van der Waals surface area contributed by atoms with Crippen molar-refractivity contribution in [2.24, 2.45) is 5.14 Å². The van der Waals surface area contributed by atoms with E-state index in [1.807, 2.05) is 0 Å². The summed E-state index contributed by atoms with van der Waals surface area (Å²) in [5.74, 6) is -0.851. The van der Waals surface area contributed by atoms with Gasteiger partial charge in [-0.15, -0.1) is 0 Å². The molecule has 0 radical (unpaired) electrons. The third kappa shape index (κ3) is 3.81. The van der Waals surface area contributed by atoms with Gasteiger partial charge in [0.25, 0.3) is 21.8 Å². The van der Waals surface area contributed by atoms with Gasteiger partial charge in [-0.2, -0.15) is 8.42 Å². The average Bonchev–Trinajstić information content (AvgIpc) is 3.37. The molecule has 0 bridgehead atoms. The summed E-state index contributed by atoms with van der Waals surface area (Å²) in [4.78, 5) is 17.7. The van der Waals surface area contributed by atoms with Crippen molar-refractivity contribution in [2.75, 3.05) is 16.2 Å². The predicted octanol–water partition coefficient (Wildman–Crippen LogP) is 3.16. The molecule has 11 heteroatoms. The van der Waals surface area contributed by atoms with Crippen LogP contribution in [0.1, 0.15) is 21.6 Å². The Bertz CT molecular complexity index is 1520. The standard InChI is InChI=1S/C22H18FN5O4S/c1-12-20-17(11-18(26-22(20)32-27-12)13-2-5-15(23)6-3-13)21(29)25-16-7-4-14-8-9-28(19(14)10-16)33(24,30)31/h2-7,10-11H,8-9H2,1H3,(H,25,29)(H2,24,30,31). The molecule has 0 atom stereocenters. The summed E-state index contributed by atoms with van der Waals surface area (Å²) in [6, 6.07) is 12.3. The molecule has 9 nitrogen and oxygen atoms in total. The zero-order valence-corrected chi connectivity index (χ0v) is 18.2. The molecule has 4 aromatic rings. The van der Waals surface area contributed by atoms with Gasteiger partial charge in [0, 0.05) is 17.8 Å². The molecule has 0 saturated heterocycles. The molecular weight excluding hydrogens is 449 g/mol. The topological polar surface area (TPSA) is 131 Å². The lowest BCUT2D eigenvalue weighted by atomic mass is 10.0. The summed E-state index contributed by atoms with van der Waals surface area (Å²) in [6.45, 7) is 1.94. The molecule has 1 aliphatic rings. The van der Waals surface area contributed by atoms with Crippen molar-refractivity contribution >= 4 is 38.6 Å². The number of hydrogen-bond acceptors (Lipinski definition) is 6. The molecule has 0 unspecified atom stereocenters. The smallest absolute Gasteiger partial charge is 0.299 e. The van der Waals surface area contributed by atoms with Crippen LogP contribution in [0.15, 0.2) is 53.1 Å². The second kappa shape index (κ2) is 7.64. The summed E-state index contributed by atoms with van der Waals surface area (Å²) in [6.07, 6.45) is 0.534. The van der Waals surface area contributed by atoms with Gasteiger partial charge in [-0.3, -0.25) is 9.10 Å². The second-order valence-corrected chi connectivity index (χ2v) is 9.15. The fourth-order valence-electron chi connectivity index (χ4n) is 3.93. The van der Waals surface area contributed by atoms with Gasteiger partial charge in [-0.1, -0.05) is 11.2 Å². The molecule has 0 spiro atoms. The number of aryl methyl sites for hydroxylation is 1. The molecule has 3 heterocycles. The number of amides is 1. The quantitative estimate of drug-likeness (QED) is 0.474. The van der Waals surface area contributed by atoms with Crippen LogP contribution >= 0.6 is 0 Å². The number of fused-ring (bicyclic) bond motifs is 2. The van der Waals surface area contributed by atoms with E-state index in [-0.39, 0.29) is 17.8 Å². The first-order chi connectivity index (χ1) is 15.7. The van der Waals surface area contributed by atoms with Crippen LogP contribution in [-0.4, -0.2) is 31.0 Å². The first kappa shape index (κ1) is 21.0. The van der Waals surface area contributed by atoms with Crippen molar-refractivity contribution < 1.29 is 22.1 Å². The van der Waals surface area contributed by atoms with E-state index >= 15 is 0 Å². The van der Waals surface area contributed by atoms with Crippen LogP contribution in [0.4, 0.5) is 15.8 Å². The molecule has 0 aliphatic carbocycles. The van der Waals surface area contributed by atoms with Crippen molar-refractivity contribution in [2.45, 2.75) is 13.3 Å². The number of nitrogens with zero attached hydrogens (tertiary/aromatic N) is 3. The highest BCUT2D eigenvalue weighted by Gasteiger charge is 2.27. The number of pyridine rings is 1. The van der Waals surface area contributed by atoms with Crippen molar-refractivity contribution in [3.63, 3.8) is 0 Å². The monoisotopic (exact) mass is 467 g/mol. The lowest BCUT2D eigenvalue weighted by molar-refractivity contribution is 0.102. The van der Waals surface area contributed by atoms with Crippen molar-refractivity contribution in [1.29, 1.82) is 0 Å². The number of benzene rings is 2. The Morgan fingerprint density at radius 3 is 2.67 bits per heavy atom. The van der Waals surface area contributed by atoms with E-state index in [0.717, 1.165) is 9.87 Å². The van der Waals surface area contributed by atoms with Crippen LogP contribution in [0, 0.1) is 12.7 Å². The van der Waals surface area contributed by atoms with Crippen LogP contribution in [0.3, 0.4) is 0 Å². The maximum absolute atomic E-state index is 13.3. The maximum atomic E-state index is 13.3. The number of halogens is 1. The highest BCUT2D eigenvalue weighted by atomic mass is 32.2. The Morgan fingerprint density at radius 2 is 1.94 bits per heavy atom. The maximum Gasteiger partial charge on any atom is 0.299 e. The fraction of sp³-hybridized carbons (Fsp3) is 0.136. The third-order valence-electron chi connectivity index (χ3n) is 5.50. The molecule has 0 saturated carbocycles. The summed E-state index contributed by atoms with van der Waals surface area (Å²) in [5.41, 5.74) is 3.60. The Morgan fingerprint density at radius 1 is 1.18 bits per heavy atom. The van der Waals surface area contributed by atoms with Gasteiger partial charge in [0.05, 0.1) is 28.0 Å². The van der Waals surface area contributed by atoms with E-state index in [4.69, 9.17) is 9.66 Å². The minimum atomic E-state index is -3.91. The molecule has 3 N–H and O–H groups in total. The van der Waals surface area contributed by atoms with Gasteiger partial charge in [-0.25, -0.2) is 14.5 Å². The third-order valence-corrected chi connectivity index (χ3v) is 6.50. The minimum absolute atomic E-state index is 0.175. The number of carbonyl (C=O) groups is 1. The fourth-order valence-corrected chi connectivity index (χ4v) is 4.72. The molecule has 2 aromatic carbocycles. The van der Waals surface area contributed by atoms with Crippen LogP contribution in [0.25, 0.3) is 22.4 Å². The Labute approximate surface area is 188 Å². The van der Waals surface area contributed by atoms with E-state index in [0.29, 0.717) is 40.1 Å². The molecule has 1 amide bonds. The number of nitrogens with one attached hydrogen (secondary N) is 1. The molecule has 33 heavy (non-hydrogen) atoms. The molecular formula is C22H18FN5O4S. The highest BCUT2D eigenvalue weighted by Crippen LogP contribution is 2.33. The summed E-state index contributed by atoms with van der Waals surface area (Å²) in [7, 11) is -3.91. The van der Waals surface area contributed by atoms with E-state index in [9.17, 15) is 17.6 Å². The summed E-state index contributed by atoms with van der Waals surface area (Å²) >= 11 is 0. The minimum Gasteiger partial charge on any atom is -0.335 e. The zero-order chi connectivity index (χ0) is 23.3. The number of aromatic nitrogens is 2. The Hall–Kier alpha value is -3.83. The average molecular weight is 467 g/mol. The summed E-state index contributed by atoms with van der Waals surface area (Å²) in [5, 5.41) is 12.5. The first-order valence-corrected chi connectivity index (χ1v) is 11.5. The predicted molar refractivity (Wildman–Crippen MR) is 120 cm³/mol. The number of rotatable bonds is 4. The summed E-state index contributed by atoms with van der Waals surface area (Å²) < 4.78 is 43.5. The van der Waals surface area contributed by atoms with Gasteiger partial charge in [-0.05, 0) is 61.4 Å². The van der Waals surface area contributed by atoms with Gasteiger partial charge < -0.3 is 9.84 Å². The van der Waals surface area contributed by atoms with Gasteiger partial charge in [0.15, 0.2) is 0 Å². The van der Waals surface area contributed by atoms with Crippen LogP contribution in [0.5, 0.6) is 0 Å². The first-order valence-electron chi connectivity index (χ1n) is 9.98. The zero-order valence-electron chi connectivity index (χ0n) is 17.4. The number of carbonyl (C=O) groups excluding carboxylic acids is 1. The van der Waals surface area contributed by atoms with Gasteiger partial charge >= 0.3 is 0 Å². The molecule has 1 aliphatic heterocycles. The highest BCUT2D eigenvalue weighted by molar-refractivity contribution is 7.90. The lowest BCUT2D eigenvalue weighted by Crippen LogP contribution is -2.35. The van der Waals surface area contributed by atoms with Crippen LogP contribution < -0.4 is 14.8 Å². The number of nitrogens with two attached hydrogens (primary N) is 1. The van der Waals surface area contributed by atoms with E-state index in [2.05, 4.69) is 15.5 Å². The largest absolute Gasteiger partial charge is 0.335 e. The second-order valence-electron chi connectivity index (χ2n) is 7.67. The Kier molecular flexibility index (Phi) is 4.87. The van der Waals surface area contributed by atoms with E-state index in [1.54, 1.807) is 43.3 Å². The van der Waals surface area contributed by atoms with E-state index < -0.39 is 21.9 Å². The normalized spacial score (nSPS) is 13.4. The molecule has 168 valence electrons. The van der Waals surface area contributed by atoms with Crippen molar-refractivity contribution in [3.8, 4) is 11.3 Å². The van der Waals surface area contributed by atoms with Gasteiger partial charge in [0.1, 0.15) is 5.82 Å². The van der Waals surface area contributed by atoms with Crippen molar-refractivity contribution in [3.05, 3.63) is 71.2 Å². The van der Waals surface area contributed by atoms with Crippen LogP contribution in [-0.2, 0) is 16.6 Å². The SMILES string of the molecule is Cc1noc2nc(-c3ccc(F)cc3)cc(C(=O)Nc3ccc4c(c3)N(S(N)(=O)=O)CC4)c12. The molecule has 0 fully saturated rings. The number of hydrogen-bond donors (Lipinski definition) is 2. The van der Waals surface area contributed by atoms with Crippen LogP contribution in [0.2, 0.25) is 0 Å². The Balaban J connectivity index is 1.54.